The van der Waals surface area contributed by atoms with Crippen LogP contribution in [0.2, 0.25) is 0 Å². The van der Waals surface area contributed by atoms with E-state index in [9.17, 15) is 9.59 Å². The van der Waals surface area contributed by atoms with E-state index in [1.807, 2.05) is 0 Å². The lowest BCUT2D eigenvalue weighted by atomic mass is 10.2. The van der Waals surface area contributed by atoms with E-state index in [1.165, 1.54) is 4.68 Å². The summed E-state index contributed by atoms with van der Waals surface area (Å²) in [5.41, 5.74) is 0. The number of carbonyl (C=O) groups excluding carboxylic acids is 1. The lowest BCUT2D eigenvalue weighted by Gasteiger charge is -2.15. The van der Waals surface area contributed by atoms with E-state index in [0.29, 0.717) is 0 Å². The zero-order chi connectivity index (χ0) is 12.1. The van der Waals surface area contributed by atoms with E-state index in [0.717, 1.165) is 0 Å². The first-order valence-electron chi connectivity index (χ1n) is 5.01. The van der Waals surface area contributed by atoms with Gasteiger partial charge in [0, 0.05) is 18.3 Å². The Morgan fingerprint density at radius 1 is 1.50 bits per heavy atom. The SMILES string of the molecule is CC(C)C(=O)NC(Cn1cccn1)C(=O)O. The molecule has 0 aliphatic rings. The van der Waals surface area contributed by atoms with Crippen LogP contribution in [0.3, 0.4) is 0 Å². The number of aromatic nitrogens is 2. The van der Waals surface area contributed by atoms with Crippen LogP contribution in [0.15, 0.2) is 18.5 Å². The Kier molecular flexibility index (Phi) is 4.04. The normalized spacial score (nSPS) is 12.4. The maximum atomic E-state index is 11.4. The van der Waals surface area contributed by atoms with Crippen LogP contribution in [-0.4, -0.2) is 32.8 Å². The van der Waals surface area contributed by atoms with Gasteiger partial charge in [-0.3, -0.25) is 9.48 Å². The number of amides is 1. The van der Waals surface area contributed by atoms with Crippen molar-refractivity contribution >= 4 is 11.9 Å². The molecule has 1 aromatic heterocycles. The minimum Gasteiger partial charge on any atom is -0.480 e. The van der Waals surface area contributed by atoms with E-state index in [2.05, 4.69) is 10.4 Å². The van der Waals surface area contributed by atoms with Crippen LogP contribution < -0.4 is 5.32 Å². The largest absolute Gasteiger partial charge is 0.480 e. The Morgan fingerprint density at radius 2 is 2.19 bits per heavy atom. The first-order valence-corrected chi connectivity index (χ1v) is 5.01. The molecule has 1 aromatic rings. The van der Waals surface area contributed by atoms with E-state index >= 15 is 0 Å². The summed E-state index contributed by atoms with van der Waals surface area (Å²) in [5.74, 6) is -1.58. The molecule has 0 aliphatic heterocycles. The van der Waals surface area contributed by atoms with Gasteiger partial charge in [0.2, 0.25) is 5.91 Å². The molecule has 0 aliphatic carbocycles. The summed E-state index contributed by atoms with van der Waals surface area (Å²) in [6, 6.07) is 0.748. The summed E-state index contributed by atoms with van der Waals surface area (Å²) in [4.78, 5) is 22.3. The van der Waals surface area contributed by atoms with Gasteiger partial charge < -0.3 is 10.4 Å². The average molecular weight is 225 g/mol. The van der Waals surface area contributed by atoms with Crippen molar-refractivity contribution < 1.29 is 14.7 Å². The highest BCUT2D eigenvalue weighted by Gasteiger charge is 2.21. The van der Waals surface area contributed by atoms with Gasteiger partial charge in [-0.15, -0.1) is 0 Å². The molecule has 1 atom stereocenters. The first kappa shape index (κ1) is 12.2. The van der Waals surface area contributed by atoms with Crippen LogP contribution in [0.5, 0.6) is 0 Å². The van der Waals surface area contributed by atoms with Crippen molar-refractivity contribution in [3.8, 4) is 0 Å². The van der Waals surface area contributed by atoms with Gasteiger partial charge in [-0.1, -0.05) is 13.8 Å². The van der Waals surface area contributed by atoms with Gasteiger partial charge in [-0.05, 0) is 6.07 Å². The molecule has 1 heterocycles. The molecule has 88 valence electrons. The molecule has 2 N–H and O–H groups in total. The zero-order valence-corrected chi connectivity index (χ0v) is 9.25. The van der Waals surface area contributed by atoms with Crippen molar-refractivity contribution in [1.29, 1.82) is 0 Å². The Labute approximate surface area is 93.3 Å². The first-order chi connectivity index (χ1) is 7.50. The van der Waals surface area contributed by atoms with Crippen LogP contribution in [0, 0.1) is 5.92 Å². The van der Waals surface area contributed by atoms with E-state index in [4.69, 9.17) is 5.11 Å². The predicted octanol–water partition coefficient (Wildman–Crippen LogP) is 0.108. The average Bonchev–Trinajstić information content (AvgIpc) is 2.68. The zero-order valence-electron chi connectivity index (χ0n) is 9.25. The summed E-state index contributed by atoms with van der Waals surface area (Å²) < 4.78 is 1.47. The number of rotatable bonds is 5. The highest BCUT2D eigenvalue weighted by Crippen LogP contribution is 1.96. The molecule has 1 unspecified atom stereocenters. The lowest BCUT2D eigenvalue weighted by Crippen LogP contribution is -2.45. The van der Waals surface area contributed by atoms with Crippen molar-refractivity contribution in [3.05, 3.63) is 18.5 Å². The van der Waals surface area contributed by atoms with Gasteiger partial charge in [-0.25, -0.2) is 4.79 Å². The third kappa shape index (κ3) is 3.38. The molecule has 0 saturated carbocycles. The maximum Gasteiger partial charge on any atom is 0.328 e. The van der Waals surface area contributed by atoms with Crippen molar-refractivity contribution in [2.24, 2.45) is 5.92 Å². The summed E-state index contributed by atoms with van der Waals surface area (Å²) in [6.45, 7) is 3.55. The number of carboxylic acid groups (broad SMARTS) is 1. The quantitative estimate of drug-likeness (QED) is 0.744. The second-order valence-corrected chi connectivity index (χ2v) is 3.78. The Morgan fingerprint density at radius 3 is 2.62 bits per heavy atom. The Hall–Kier alpha value is -1.85. The fourth-order valence-electron chi connectivity index (χ4n) is 1.12. The molecule has 6 heteroatoms. The summed E-state index contributed by atoms with van der Waals surface area (Å²) in [5, 5.41) is 15.3. The summed E-state index contributed by atoms with van der Waals surface area (Å²) >= 11 is 0. The highest BCUT2D eigenvalue weighted by atomic mass is 16.4. The third-order valence-corrected chi connectivity index (χ3v) is 2.07. The topological polar surface area (TPSA) is 84.2 Å². The fourth-order valence-corrected chi connectivity index (χ4v) is 1.12. The molecule has 1 amide bonds. The lowest BCUT2D eigenvalue weighted by molar-refractivity contribution is -0.142. The summed E-state index contributed by atoms with van der Waals surface area (Å²) in [6.07, 6.45) is 3.21. The molecule has 0 bridgehead atoms. The summed E-state index contributed by atoms with van der Waals surface area (Å²) in [7, 11) is 0. The van der Waals surface area contributed by atoms with Gasteiger partial charge in [-0.2, -0.15) is 5.10 Å². The van der Waals surface area contributed by atoms with Gasteiger partial charge in [0.15, 0.2) is 0 Å². The number of carbonyl (C=O) groups is 2. The van der Waals surface area contributed by atoms with E-state index in [1.54, 1.807) is 32.3 Å². The molecule has 6 nitrogen and oxygen atoms in total. The van der Waals surface area contributed by atoms with Crippen molar-refractivity contribution in [3.63, 3.8) is 0 Å². The van der Waals surface area contributed by atoms with Crippen LogP contribution in [-0.2, 0) is 16.1 Å². The second-order valence-electron chi connectivity index (χ2n) is 3.78. The van der Waals surface area contributed by atoms with Crippen LogP contribution >= 0.6 is 0 Å². The Bertz CT molecular complexity index is 359. The molecule has 0 aromatic carbocycles. The van der Waals surface area contributed by atoms with Gasteiger partial charge in [0.25, 0.3) is 0 Å². The van der Waals surface area contributed by atoms with Gasteiger partial charge in [0.05, 0.1) is 6.54 Å². The number of carboxylic acids is 1. The number of nitrogens with zero attached hydrogens (tertiary/aromatic N) is 2. The molecule has 0 fully saturated rings. The fraction of sp³-hybridized carbons (Fsp3) is 0.500. The van der Waals surface area contributed by atoms with Gasteiger partial charge >= 0.3 is 5.97 Å². The van der Waals surface area contributed by atoms with E-state index < -0.39 is 12.0 Å². The van der Waals surface area contributed by atoms with E-state index in [-0.39, 0.29) is 18.4 Å². The molecule has 16 heavy (non-hydrogen) atoms. The maximum absolute atomic E-state index is 11.4. The Balaban J connectivity index is 2.62. The van der Waals surface area contributed by atoms with Crippen molar-refractivity contribution in [2.75, 3.05) is 0 Å². The standard InChI is InChI=1S/C10H15N3O3/c1-7(2)9(14)12-8(10(15)16)6-13-5-3-4-11-13/h3-5,7-8H,6H2,1-2H3,(H,12,14)(H,15,16). The minimum absolute atomic E-state index is 0.126. The smallest absolute Gasteiger partial charge is 0.328 e. The molecular weight excluding hydrogens is 210 g/mol. The number of nitrogens with one attached hydrogen (secondary N) is 1. The van der Waals surface area contributed by atoms with Crippen LogP contribution in [0.25, 0.3) is 0 Å². The molecular formula is C10H15N3O3. The molecule has 0 saturated heterocycles. The predicted molar refractivity (Wildman–Crippen MR) is 56.6 cm³/mol. The second kappa shape index (κ2) is 5.29. The van der Waals surface area contributed by atoms with Crippen LogP contribution in [0.1, 0.15) is 13.8 Å². The molecule has 0 spiro atoms. The minimum atomic E-state index is -1.07. The number of hydrogen-bond acceptors (Lipinski definition) is 3. The third-order valence-electron chi connectivity index (χ3n) is 2.07. The van der Waals surface area contributed by atoms with Crippen molar-refractivity contribution in [2.45, 2.75) is 26.4 Å². The number of hydrogen-bond donors (Lipinski definition) is 2. The molecule has 1 rings (SSSR count). The monoisotopic (exact) mass is 225 g/mol. The molecule has 0 radical (unpaired) electrons. The highest BCUT2D eigenvalue weighted by molar-refractivity contribution is 5.84. The van der Waals surface area contributed by atoms with Crippen LogP contribution in [0.4, 0.5) is 0 Å². The van der Waals surface area contributed by atoms with Crippen molar-refractivity contribution in [1.82, 2.24) is 15.1 Å². The number of aliphatic carboxylic acids is 1. The van der Waals surface area contributed by atoms with Gasteiger partial charge in [0.1, 0.15) is 6.04 Å².